The smallest absolute Gasteiger partial charge is 0.0734 e. The van der Waals surface area contributed by atoms with Gasteiger partial charge in [0.25, 0.3) is 0 Å². The highest BCUT2D eigenvalue weighted by molar-refractivity contribution is 5.31. The van der Waals surface area contributed by atoms with Crippen LogP contribution in [-0.2, 0) is 24.8 Å². The first-order valence-corrected chi connectivity index (χ1v) is 6.87. The summed E-state index contributed by atoms with van der Waals surface area (Å²) in [4.78, 5) is 2.44. The van der Waals surface area contributed by atoms with Crippen LogP contribution in [0.25, 0.3) is 0 Å². The summed E-state index contributed by atoms with van der Waals surface area (Å²) in [6.07, 6.45) is 3.21. The first kappa shape index (κ1) is 12.2. The molecule has 2 N–H and O–H groups in total. The predicted molar refractivity (Wildman–Crippen MR) is 71.4 cm³/mol. The molecule has 2 aliphatic heterocycles. The molecular formula is C14H23N3O. The van der Waals surface area contributed by atoms with Crippen LogP contribution in [0.1, 0.15) is 35.8 Å². The Hall–Kier alpha value is -0.840. The Morgan fingerprint density at radius 3 is 3.00 bits per heavy atom. The summed E-state index contributed by atoms with van der Waals surface area (Å²) >= 11 is 0. The molecule has 2 atom stereocenters. The average Bonchev–Trinajstić information content (AvgIpc) is 2.71. The van der Waals surface area contributed by atoms with Crippen molar-refractivity contribution in [2.45, 2.75) is 38.0 Å². The molecule has 1 fully saturated rings. The SMILES string of the molecule is CN1CCC(N)CC1c1cc2c(n1C)CCOC2. The monoisotopic (exact) mass is 249 g/mol. The standard InChI is InChI=1S/C14H23N3O/c1-16-5-3-11(15)8-13(16)14-7-10-9-18-6-4-12(10)17(14)2/h7,11,13H,3-6,8-9,15H2,1-2H3. The van der Waals surface area contributed by atoms with Crippen molar-refractivity contribution < 1.29 is 4.74 Å². The molecule has 1 aromatic heterocycles. The van der Waals surface area contributed by atoms with Crippen molar-refractivity contribution in [3.63, 3.8) is 0 Å². The maximum atomic E-state index is 6.14. The zero-order valence-corrected chi connectivity index (χ0v) is 11.4. The maximum Gasteiger partial charge on any atom is 0.0734 e. The minimum Gasteiger partial charge on any atom is -0.376 e. The van der Waals surface area contributed by atoms with E-state index in [9.17, 15) is 0 Å². The van der Waals surface area contributed by atoms with Crippen LogP contribution in [0.5, 0.6) is 0 Å². The number of ether oxygens (including phenoxy) is 1. The topological polar surface area (TPSA) is 43.4 Å². The maximum absolute atomic E-state index is 6.14. The number of piperidine rings is 1. The van der Waals surface area contributed by atoms with Gasteiger partial charge in [0.2, 0.25) is 0 Å². The molecule has 0 radical (unpaired) electrons. The second-order valence-electron chi connectivity index (χ2n) is 5.68. The van der Waals surface area contributed by atoms with E-state index in [1.165, 1.54) is 17.0 Å². The zero-order chi connectivity index (χ0) is 12.7. The predicted octanol–water partition coefficient (Wildman–Crippen LogP) is 1.19. The van der Waals surface area contributed by atoms with E-state index in [-0.39, 0.29) is 0 Å². The van der Waals surface area contributed by atoms with Gasteiger partial charge in [0.15, 0.2) is 0 Å². The number of rotatable bonds is 1. The third-order valence-electron chi connectivity index (χ3n) is 4.48. The van der Waals surface area contributed by atoms with E-state index in [1.54, 1.807) is 0 Å². The van der Waals surface area contributed by atoms with E-state index in [0.717, 1.165) is 39.0 Å². The Labute approximate surface area is 109 Å². The zero-order valence-electron chi connectivity index (χ0n) is 11.4. The summed E-state index contributed by atoms with van der Waals surface area (Å²) in [6.45, 7) is 2.72. The lowest BCUT2D eigenvalue weighted by Crippen LogP contribution is -2.40. The molecule has 2 unspecified atom stereocenters. The molecule has 0 spiro atoms. The molecule has 1 aromatic rings. The number of aromatic nitrogens is 1. The largest absolute Gasteiger partial charge is 0.376 e. The first-order chi connectivity index (χ1) is 8.66. The third kappa shape index (κ3) is 1.98. The van der Waals surface area contributed by atoms with Crippen LogP contribution >= 0.6 is 0 Å². The normalized spacial score (nSPS) is 29.3. The molecule has 0 aromatic carbocycles. The van der Waals surface area contributed by atoms with E-state index in [2.05, 4.69) is 29.6 Å². The van der Waals surface area contributed by atoms with Gasteiger partial charge in [-0.2, -0.15) is 0 Å². The van der Waals surface area contributed by atoms with Gasteiger partial charge in [0.05, 0.1) is 19.3 Å². The van der Waals surface area contributed by atoms with E-state index in [4.69, 9.17) is 10.5 Å². The first-order valence-electron chi connectivity index (χ1n) is 6.87. The average molecular weight is 249 g/mol. The fourth-order valence-corrected chi connectivity index (χ4v) is 3.31. The molecule has 1 saturated heterocycles. The lowest BCUT2D eigenvalue weighted by Gasteiger charge is -2.36. The minimum atomic E-state index is 0.342. The summed E-state index contributed by atoms with van der Waals surface area (Å²) in [6, 6.07) is 3.13. The van der Waals surface area contributed by atoms with E-state index >= 15 is 0 Å². The Kier molecular flexibility index (Phi) is 3.18. The van der Waals surface area contributed by atoms with Crippen LogP contribution in [0.4, 0.5) is 0 Å². The molecule has 4 heteroatoms. The third-order valence-corrected chi connectivity index (χ3v) is 4.48. The van der Waals surface area contributed by atoms with Gasteiger partial charge in [-0.3, -0.25) is 4.90 Å². The van der Waals surface area contributed by atoms with Gasteiger partial charge in [0, 0.05) is 30.9 Å². The van der Waals surface area contributed by atoms with Gasteiger partial charge in [-0.15, -0.1) is 0 Å². The summed E-state index contributed by atoms with van der Waals surface area (Å²) in [5.74, 6) is 0. The number of fused-ring (bicyclic) bond motifs is 1. The second kappa shape index (κ2) is 4.68. The molecule has 2 aliphatic rings. The van der Waals surface area contributed by atoms with E-state index < -0.39 is 0 Å². The van der Waals surface area contributed by atoms with Crippen molar-refractivity contribution in [1.29, 1.82) is 0 Å². The van der Waals surface area contributed by atoms with Crippen molar-refractivity contribution in [3.05, 3.63) is 23.0 Å². The summed E-state index contributed by atoms with van der Waals surface area (Å²) in [5, 5.41) is 0. The second-order valence-corrected chi connectivity index (χ2v) is 5.68. The molecule has 3 rings (SSSR count). The lowest BCUT2D eigenvalue weighted by atomic mass is 9.96. The molecule has 0 aliphatic carbocycles. The van der Waals surface area contributed by atoms with Crippen LogP contribution in [0.3, 0.4) is 0 Å². The van der Waals surface area contributed by atoms with Crippen molar-refractivity contribution in [2.75, 3.05) is 20.2 Å². The number of hydrogen-bond acceptors (Lipinski definition) is 3. The molecule has 0 saturated carbocycles. The molecule has 0 amide bonds. The van der Waals surface area contributed by atoms with Crippen LogP contribution in [0.15, 0.2) is 6.07 Å². The Bertz CT molecular complexity index is 440. The minimum absolute atomic E-state index is 0.342. The van der Waals surface area contributed by atoms with Crippen molar-refractivity contribution in [1.82, 2.24) is 9.47 Å². The molecule has 18 heavy (non-hydrogen) atoms. The van der Waals surface area contributed by atoms with Gasteiger partial charge >= 0.3 is 0 Å². The van der Waals surface area contributed by atoms with E-state index in [1.807, 2.05) is 0 Å². The highest BCUT2D eigenvalue weighted by Gasteiger charge is 2.29. The Morgan fingerprint density at radius 1 is 1.39 bits per heavy atom. The number of nitrogens with two attached hydrogens (primary N) is 1. The Morgan fingerprint density at radius 2 is 2.22 bits per heavy atom. The van der Waals surface area contributed by atoms with Crippen LogP contribution in [0, 0.1) is 0 Å². The van der Waals surface area contributed by atoms with Gasteiger partial charge in [0.1, 0.15) is 0 Å². The van der Waals surface area contributed by atoms with Crippen molar-refractivity contribution in [3.8, 4) is 0 Å². The van der Waals surface area contributed by atoms with Gasteiger partial charge in [-0.25, -0.2) is 0 Å². The molecule has 100 valence electrons. The molecule has 3 heterocycles. The molecular weight excluding hydrogens is 226 g/mol. The summed E-state index contributed by atoms with van der Waals surface area (Å²) < 4.78 is 7.92. The highest BCUT2D eigenvalue weighted by atomic mass is 16.5. The number of nitrogens with zero attached hydrogens (tertiary/aromatic N) is 2. The number of likely N-dealkylation sites (tertiary alicyclic amines) is 1. The summed E-state index contributed by atoms with van der Waals surface area (Å²) in [5.41, 5.74) is 10.4. The van der Waals surface area contributed by atoms with Gasteiger partial charge < -0.3 is 15.0 Å². The number of hydrogen-bond donors (Lipinski definition) is 1. The quantitative estimate of drug-likeness (QED) is 0.813. The fourth-order valence-electron chi connectivity index (χ4n) is 3.31. The van der Waals surface area contributed by atoms with Crippen molar-refractivity contribution >= 4 is 0 Å². The summed E-state index contributed by atoms with van der Waals surface area (Å²) in [7, 11) is 4.40. The van der Waals surface area contributed by atoms with Crippen LogP contribution in [0.2, 0.25) is 0 Å². The van der Waals surface area contributed by atoms with Gasteiger partial charge in [-0.05, 0) is 38.1 Å². The van der Waals surface area contributed by atoms with E-state index in [0.29, 0.717) is 12.1 Å². The van der Waals surface area contributed by atoms with Crippen molar-refractivity contribution in [2.24, 2.45) is 12.8 Å². The molecule has 4 nitrogen and oxygen atoms in total. The fraction of sp³-hybridized carbons (Fsp3) is 0.714. The highest BCUT2D eigenvalue weighted by Crippen LogP contribution is 2.32. The Balaban J connectivity index is 1.93. The van der Waals surface area contributed by atoms with Gasteiger partial charge in [-0.1, -0.05) is 0 Å². The van der Waals surface area contributed by atoms with Crippen LogP contribution in [-0.4, -0.2) is 35.7 Å². The van der Waals surface area contributed by atoms with Crippen LogP contribution < -0.4 is 5.73 Å². The molecule has 0 bridgehead atoms. The lowest BCUT2D eigenvalue weighted by molar-refractivity contribution is 0.109.